The number of rotatable bonds is 6. The molecular weight excluding hydrogens is 200 g/mol. The summed E-state index contributed by atoms with van der Waals surface area (Å²) in [5.41, 5.74) is 1.27. The molecule has 16 heavy (non-hydrogen) atoms. The van der Waals surface area contributed by atoms with Gasteiger partial charge < -0.3 is 10.1 Å². The molecule has 0 spiro atoms. The number of benzene rings is 1. The molecule has 0 heterocycles. The number of hydrogen-bond acceptors (Lipinski definition) is 3. The smallest absolute Gasteiger partial charge is 0.119 e. The molecule has 0 aliphatic heterocycles. The van der Waals surface area contributed by atoms with Gasteiger partial charge in [0.25, 0.3) is 0 Å². The van der Waals surface area contributed by atoms with Gasteiger partial charge in [-0.15, -0.1) is 0 Å². The van der Waals surface area contributed by atoms with Crippen molar-refractivity contribution in [2.75, 3.05) is 13.7 Å². The molecule has 0 fully saturated rings. The molecule has 3 nitrogen and oxygen atoms in total. The second-order valence-corrected chi connectivity index (χ2v) is 3.61. The lowest BCUT2D eigenvalue weighted by atomic mass is 10.2. The Bertz CT molecular complexity index is 357. The number of nitriles is 1. The molecule has 0 aliphatic rings. The van der Waals surface area contributed by atoms with Gasteiger partial charge in [-0.3, -0.25) is 0 Å². The Morgan fingerprint density at radius 1 is 1.50 bits per heavy atom. The monoisotopic (exact) mass is 218 g/mol. The average molecular weight is 218 g/mol. The van der Waals surface area contributed by atoms with Gasteiger partial charge in [0.05, 0.1) is 18.7 Å². The van der Waals surface area contributed by atoms with Gasteiger partial charge in [0.15, 0.2) is 0 Å². The third-order valence-electron chi connectivity index (χ3n) is 2.49. The van der Waals surface area contributed by atoms with E-state index in [9.17, 15) is 0 Å². The maximum absolute atomic E-state index is 8.74. The molecule has 1 aromatic rings. The Morgan fingerprint density at radius 2 is 2.31 bits per heavy atom. The lowest BCUT2D eigenvalue weighted by Gasteiger charge is -2.10. The van der Waals surface area contributed by atoms with Crippen molar-refractivity contribution in [3.63, 3.8) is 0 Å². The summed E-state index contributed by atoms with van der Waals surface area (Å²) < 4.78 is 5.59. The highest BCUT2D eigenvalue weighted by Crippen LogP contribution is 2.13. The predicted molar refractivity (Wildman–Crippen MR) is 64.4 cm³/mol. The summed E-state index contributed by atoms with van der Waals surface area (Å²) in [4.78, 5) is 0. The lowest BCUT2D eigenvalue weighted by Crippen LogP contribution is -2.25. The number of aryl methyl sites for hydroxylation is 1. The van der Waals surface area contributed by atoms with Crippen LogP contribution in [0.15, 0.2) is 24.3 Å². The number of ether oxygens (including phenoxy) is 1. The van der Waals surface area contributed by atoms with E-state index in [1.165, 1.54) is 5.56 Å². The van der Waals surface area contributed by atoms with Crippen molar-refractivity contribution < 1.29 is 4.74 Å². The molecule has 0 bridgehead atoms. The second kappa shape index (κ2) is 6.86. The Morgan fingerprint density at radius 3 is 2.94 bits per heavy atom. The number of nitrogens with one attached hydrogen (secondary N) is 1. The normalized spacial score (nSPS) is 11.8. The summed E-state index contributed by atoms with van der Waals surface area (Å²) in [7, 11) is 1.78. The Labute approximate surface area is 97.0 Å². The van der Waals surface area contributed by atoms with Gasteiger partial charge in [0, 0.05) is 6.42 Å². The third kappa shape index (κ3) is 3.92. The highest BCUT2D eigenvalue weighted by atomic mass is 16.5. The molecule has 0 aromatic heterocycles. The van der Waals surface area contributed by atoms with Crippen LogP contribution >= 0.6 is 0 Å². The molecular formula is C13H18N2O. The maximum atomic E-state index is 8.74. The average Bonchev–Trinajstić information content (AvgIpc) is 2.35. The van der Waals surface area contributed by atoms with Crippen molar-refractivity contribution in [3.05, 3.63) is 29.8 Å². The van der Waals surface area contributed by atoms with Crippen LogP contribution in [0, 0.1) is 11.3 Å². The van der Waals surface area contributed by atoms with Crippen molar-refractivity contribution >= 4 is 0 Å². The minimum atomic E-state index is -0.130. The van der Waals surface area contributed by atoms with Crippen LogP contribution in [0.3, 0.4) is 0 Å². The first-order valence-corrected chi connectivity index (χ1v) is 5.58. The molecule has 0 saturated carbocycles. The zero-order valence-electron chi connectivity index (χ0n) is 9.86. The molecule has 0 saturated heterocycles. The van der Waals surface area contributed by atoms with Crippen molar-refractivity contribution in [3.8, 4) is 11.8 Å². The molecule has 0 amide bonds. The van der Waals surface area contributed by atoms with Gasteiger partial charge in [0.1, 0.15) is 5.75 Å². The van der Waals surface area contributed by atoms with E-state index in [4.69, 9.17) is 10.00 Å². The maximum Gasteiger partial charge on any atom is 0.119 e. The molecule has 86 valence electrons. The van der Waals surface area contributed by atoms with E-state index in [0.29, 0.717) is 13.0 Å². The van der Waals surface area contributed by atoms with Crippen LogP contribution in [0.1, 0.15) is 18.9 Å². The SMILES string of the molecule is CCc1cccc(OCCC(C#N)NC)c1. The second-order valence-electron chi connectivity index (χ2n) is 3.61. The first-order valence-electron chi connectivity index (χ1n) is 5.58. The van der Waals surface area contributed by atoms with Crippen LogP contribution in [0.2, 0.25) is 0 Å². The number of nitrogens with zero attached hydrogens (tertiary/aromatic N) is 1. The van der Waals surface area contributed by atoms with Gasteiger partial charge in [0.2, 0.25) is 0 Å². The van der Waals surface area contributed by atoms with E-state index >= 15 is 0 Å². The Balaban J connectivity index is 2.40. The van der Waals surface area contributed by atoms with Crippen LogP contribution in [0.25, 0.3) is 0 Å². The predicted octanol–water partition coefficient (Wildman–Crippen LogP) is 2.13. The van der Waals surface area contributed by atoms with Gasteiger partial charge >= 0.3 is 0 Å². The van der Waals surface area contributed by atoms with E-state index in [1.54, 1.807) is 7.05 Å². The lowest BCUT2D eigenvalue weighted by molar-refractivity contribution is 0.300. The molecule has 1 rings (SSSR count). The Kier molecular flexibility index (Phi) is 5.38. The minimum Gasteiger partial charge on any atom is -0.493 e. The van der Waals surface area contributed by atoms with Gasteiger partial charge in [-0.05, 0) is 31.2 Å². The fourth-order valence-corrected chi connectivity index (χ4v) is 1.42. The van der Waals surface area contributed by atoms with E-state index in [-0.39, 0.29) is 6.04 Å². The first kappa shape index (κ1) is 12.5. The van der Waals surface area contributed by atoms with E-state index in [0.717, 1.165) is 12.2 Å². The van der Waals surface area contributed by atoms with E-state index in [2.05, 4.69) is 24.4 Å². The summed E-state index contributed by atoms with van der Waals surface area (Å²) in [5.74, 6) is 0.882. The number of hydrogen-bond donors (Lipinski definition) is 1. The molecule has 1 aromatic carbocycles. The molecule has 0 aliphatic carbocycles. The standard InChI is InChI=1S/C13H18N2O/c1-3-11-5-4-6-13(9-11)16-8-7-12(10-14)15-2/h4-6,9,12,15H,3,7-8H2,1-2H3. The quantitative estimate of drug-likeness (QED) is 0.795. The fourth-order valence-electron chi connectivity index (χ4n) is 1.42. The van der Waals surface area contributed by atoms with Crippen molar-refractivity contribution in [2.24, 2.45) is 0 Å². The molecule has 3 heteroatoms. The van der Waals surface area contributed by atoms with Crippen molar-refractivity contribution in [1.82, 2.24) is 5.32 Å². The minimum absolute atomic E-state index is 0.130. The van der Waals surface area contributed by atoms with Gasteiger partial charge in [-0.25, -0.2) is 0 Å². The summed E-state index contributed by atoms with van der Waals surface area (Å²) in [5, 5.41) is 11.7. The summed E-state index contributed by atoms with van der Waals surface area (Å²) in [6, 6.07) is 10.1. The van der Waals surface area contributed by atoms with E-state index in [1.807, 2.05) is 18.2 Å². The molecule has 1 atom stereocenters. The Hall–Kier alpha value is -1.53. The van der Waals surface area contributed by atoms with Gasteiger partial charge in [-0.2, -0.15) is 5.26 Å². The zero-order valence-corrected chi connectivity index (χ0v) is 9.86. The van der Waals surface area contributed by atoms with Crippen LogP contribution in [-0.4, -0.2) is 19.7 Å². The van der Waals surface area contributed by atoms with Crippen LogP contribution in [0.4, 0.5) is 0 Å². The summed E-state index contributed by atoms with van der Waals surface area (Å²) in [6.45, 7) is 2.68. The first-order chi connectivity index (χ1) is 7.80. The largest absolute Gasteiger partial charge is 0.493 e. The highest BCUT2D eigenvalue weighted by molar-refractivity contribution is 5.28. The van der Waals surface area contributed by atoms with E-state index < -0.39 is 0 Å². The molecule has 1 N–H and O–H groups in total. The van der Waals surface area contributed by atoms with Crippen molar-refractivity contribution in [1.29, 1.82) is 5.26 Å². The third-order valence-corrected chi connectivity index (χ3v) is 2.49. The van der Waals surface area contributed by atoms with Crippen LogP contribution in [-0.2, 0) is 6.42 Å². The highest BCUT2D eigenvalue weighted by Gasteiger charge is 2.03. The zero-order chi connectivity index (χ0) is 11.8. The van der Waals surface area contributed by atoms with Crippen LogP contribution < -0.4 is 10.1 Å². The van der Waals surface area contributed by atoms with Gasteiger partial charge in [-0.1, -0.05) is 19.1 Å². The summed E-state index contributed by atoms with van der Waals surface area (Å²) >= 11 is 0. The van der Waals surface area contributed by atoms with Crippen molar-refractivity contribution in [2.45, 2.75) is 25.8 Å². The fraction of sp³-hybridized carbons (Fsp3) is 0.462. The summed E-state index contributed by atoms with van der Waals surface area (Å²) in [6.07, 6.45) is 1.71. The molecule has 1 unspecified atom stereocenters. The topological polar surface area (TPSA) is 45.0 Å². The molecule has 0 radical (unpaired) electrons. The van der Waals surface area contributed by atoms with Crippen LogP contribution in [0.5, 0.6) is 5.75 Å².